The molecular weight excluding hydrogens is 727 g/mol. The maximum atomic E-state index is 5.23. The van der Waals surface area contributed by atoms with Crippen molar-refractivity contribution < 1.29 is 0 Å². The maximum Gasteiger partial charge on any atom is 0.160 e. The molecule has 280 valence electrons. The number of pyridine rings is 1. The van der Waals surface area contributed by atoms with Gasteiger partial charge in [-0.05, 0) is 62.4 Å². The molecule has 0 N–H and O–H groups in total. The highest BCUT2D eigenvalue weighted by atomic mass is 14.9. The Balaban J connectivity index is 0.973. The Labute approximate surface area is 349 Å². The lowest BCUT2D eigenvalue weighted by Crippen LogP contribution is -1.96. The van der Waals surface area contributed by atoms with Crippen LogP contribution in [0.2, 0.25) is 0 Å². The van der Waals surface area contributed by atoms with Gasteiger partial charge in [-0.3, -0.25) is 0 Å². The Morgan fingerprint density at radius 1 is 0.250 bits per heavy atom. The second-order valence-electron chi connectivity index (χ2n) is 15.2. The van der Waals surface area contributed by atoms with Gasteiger partial charge in [-0.25, -0.2) is 15.0 Å². The summed E-state index contributed by atoms with van der Waals surface area (Å²) in [6.07, 6.45) is 0. The lowest BCUT2D eigenvalue weighted by atomic mass is 9.94. The van der Waals surface area contributed by atoms with Gasteiger partial charge in [-0.1, -0.05) is 206 Å². The van der Waals surface area contributed by atoms with Gasteiger partial charge in [0.2, 0.25) is 0 Å². The zero-order chi connectivity index (χ0) is 39.8. The summed E-state index contributed by atoms with van der Waals surface area (Å²) in [5.74, 6) is 0.680. The number of hydrogen-bond acceptors (Lipinski definition) is 3. The smallest absolute Gasteiger partial charge is 0.160 e. The van der Waals surface area contributed by atoms with Crippen molar-refractivity contribution in [3.8, 4) is 78.5 Å². The average molecular weight is 764 g/mol. The predicted octanol–water partition coefficient (Wildman–Crippen LogP) is 15.0. The van der Waals surface area contributed by atoms with Gasteiger partial charge in [0, 0.05) is 38.4 Å². The number of fused-ring (bicyclic) bond motifs is 5. The molecule has 0 radical (unpaired) electrons. The van der Waals surface area contributed by atoms with Crippen LogP contribution in [0.1, 0.15) is 0 Å². The van der Waals surface area contributed by atoms with Gasteiger partial charge < -0.3 is 0 Å². The van der Waals surface area contributed by atoms with Gasteiger partial charge in [0.15, 0.2) is 5.82 Å². The minimum atomic E-state index is 0.680. The van der Waals surface area contributed by atoms with E-state index in [1.54, 1.807) is 0 Å². The molecule has 2 aromatic heterocycles. The Hall–Kier alpha value is -8.01. The fraction of sp³-hybridized carbons (Fsp3) is 0. The summed E-state index contributed by atoms with van der Waals surface area (Å²) in [5, 5.41) is 6.03. The van der Waals surface area contributed by atoms with Gasteiger partial charge in [-0.15, -0.1) is 0 Å². The third-order valence-electron chi connectivity index (χ3n) is 11.5. The minimum absolute atomic E-state index is 0.680. The summed E-state index contributed by atoms with van der Waals surface area (Å²) in [6.45, 7) is 0. The normalized spacial score (nSPS) is 11.3. The van der Waals surface area contributed by atoms with Crippen LogP contribution in [0.15, 0.2) is 224 Å². The first kappa shape index (κ1) is 35.2. The Kier molecular flexibility index (Phi) is 8.83. The van der Waals surface area contributed by atoms with Crippen LogP contribution >= 0.6 is 0 Å². The molecule has 0 aliphatic rings. The number of nitrogens with zero attached hydrogens (tertiary/aromatic N) is 3. The minimum Gasteiger partial charge on any atom is -0.247 e. The van der Waals surface area contributed by atoms with Crippen LogP contribution in [0.3, 0.4) is 0 Å². The molecule has 0 saturated carbocycles. The second kappa shape index (κ2) is 15.1. The van der Waals surface area contributed by atoms with Gasteiger partial charge in [0.1, 0.15) is 0 Å². The fourth-order valence-electron chi connectivity index (χ4n) is 8.40. The van der Waals surface area contributed by atoms with E-state index >= 15 is 0 Å². The molecule has 0 bridgehead atoms. The first-order chi connectivity index (χ1) is 29.7. The molecular formula is C57H37N3. The monoisotopic (exact) mass is 763 g/mol. The lowest BCUT2D eigenvalue weighted by molar-refractivity contribution is 1.18. The standard InChI is InChI=1S/C57H37N3/c1-3-12-38(13-4-1)40-22-28-44(29-23-40)53-37-54(45-30-24-41(25-31-45)39-14-5-2-6-15-39)60-57(59-53)48-18-11-17-47(36-48)42-26-32-46(33-27-42)56-51-35-34-43-16-7-8-19-49(43)55(51)50-20-9-10-21-52(50)58-56/h1-37H. The molecule has 9 aromatic carbocycles. The summed E-state index contributed by atoms with van der Waals surface area (Å²) in [6, 6.07) is 79.2. The Bertz CT molecular complexity index is 3200. The lowest BCUT2D eigenvalue weighted by Gasteiger charge is -2.13. The molecule has 3 nitrogen and oxygen atoms in total. The van der Waals surface area contributed by atoms with Crippen molar-refractivity contribution in [2.24, 2.45) is 0 Å². The average Bonchev–Trinajstić information content (AvgIpc) is 3.34. The molecule has 0 atom stereocenters. The molecule has 0 aliphatic carbocycles. The van der Waals surface area contributed by atoms with Crippen LogP contribution < -0.4 is 0 Å². The molecule has 0 saturated heterocycles. The van der Waals surface area contributed by atoms with Crippen LogP contribution in [0.25, 0.3) is 111 Å². The molecule has 11 rings (SSSR count). The zero-order valence-electron chi connectivity index (χ0n) is 32.7. The number of para-hydroxylation sites is 1. The third kappa shape index (κ3) is 6.58. The van der Waals surface area contributed by atoms with Gasteiger partial charge in [-0.2, -0.15) is 0 Å². The van der Waals surface area contributed by atoms with Crippen LogP contribution in [-0.4, -0.2) is 15.0 Å². The molecule has 0 amide bonds. The summed E-state index contributed by atoms with van der Waals surface area (Å²) in [4.78, 5) is 15.6. The number of hydrogen-bond donors (Lipinski definition) is 0. The van der Waals surface area contributed by atoms with E-state index in [-0.39, 0.29) is 0 Å². The molecule has 3 heteroatoms. The molecule has 0 unspecified atom stereocenters. The van der Waals surface area contributed by atoms with Gasteiger partial charge in [0.05, 0.1) is 22.6 Å². The first-order valence-corrected chi connectivity index (χ1v) is 20.3. The molecule has 2 heterocycles. The molecule has 60 heavy (non-hydrogen) atoms. The number of aromatic nitrogens is 3. The van der Waals surface area contributed by atoms with Crippen molar-refractivity contribution in [1.29, 1.82) is 0 Å². The van der Waals surface area contributed by atoms with E-state index in [0.717, 1.165) is 61.4 Å². The van der Waals surface area contributed by atoms with Crippen molar-refractivity contribution in [2.75, 3.05) is 0 Å². The van der Waals surface area contributed by atoms with Gasteiger partial charge >= 0.3 is 0 Å². The van der Waals surface area contributed by atoms with Crippen LogP contribution in [0.4, 0.5) is 0 Å². The van der Waals surface area contributed by atoms with Crippen LogP contribution in [0.5, 0.6) is 0 Å². The van der Waals surface area contributed by atoms with Crippen molar-refractivity contribution in [3.63, 3.8) is 0 Å². The Morgan fingerprint density at radius 2 is 0.717 bits per heavy atom. The summed E-state index contributed by atoms with van der Waals surface area (Å²) < 4.78 is 0. The molecule has 11 aromatic rings. The van der Waals surface area contributed by atoms with Crippen LogP contribution in [0, 0.1) is 0 Å². The number of rotatable bonds is 7. The highest BCUT2D eigenvalue weighted by Crippen LogP contribution is 2.38. The Morgan fingerprint density at radius 3 is 1.35 bits per heavy atom. The quantitative estimate of drug-likeness (QED) is 0.152. The van der Waals surface area contributed by atoms with Crippen LogP contribution in [-0.2, 0) is 0 Å². The van der Waals surface area contributed by atoms with E-state index in [0.29, 0.717) is 5.82 Å². The molecule has 0 spiro atoms. The highest BCUT2D eigenvalue weighted by molar-refractivity contribution is 6.22. The second-order valence-corrected chi connectivity index (χ2v) is 15.2. The third-order valence-corrected chi connectivity index (χ3v) is 11.5. The van der Waals surface area contributed by atoms with E-state index in [1.807, 2.05) is 12.1 Å². The summed E-state index contributed by atoms with van der Waals surface area (Å²) in [7, 11) is 0. The molecule has 0 fully saturated rings. The first-order valence-electron chi connectivity index (χ1n) is 20.3. The van der Waals surface area contributed by atoms with E-state index < -0.39 is 0 Å². The van der Waals surface area contributed by atoms with E-state index in [4.69, 9.17) is 15.0 Å². The largest absolute Gasteiger partial charge is 0.247 e. The van der Waals surface area contributed by atoms with Gasteiger partial charge in [0.25, 0.3) is 0 Å². The predicted molar refractivity (Wildman–Crippen MR) is 250 cm³/mol. The van der Waals surface area contributed by atoms with E-state index in [9.17, 15) is 0 Å². The van der Waals surface area contributed by atoms with Crippen molar-refractivity contribution in [1.82, 2.24) is 15.0 Å². The summed E-state index contributed by atoms with van der Waals surface area (Å²) >= 11 is 0. The summed E-state index contributed by atoms with van der Waals surface area (Å²) in [5.41, 5.74) is 14.8. The van der Waals surface area contributed by atoms with E-state index in [1.165, 1.54) is 43.8 Å². The highest BCUT2D eigenvalue weighted by Gasteiger charge is 2.15. The van der Waals surface area contributed by atoms with E-state index in [2.05, 4.69) is 212 Å². The SMILES string of the molecule is c1ccc(-c2ccc(-c3cc(-c4ccc(-c5ccccc5)cc4)nc(-c4cccc(-c5ccc(-c6nc7ccccc7c7c6ccc6ccccc67)cc5)c4)n3)cc2)cc1. The zero-order valence-corrected chi connectivity index (χ0v) is 32.7. The van der Waals surface area contributed by atoms with Crippen molar-refractivity contribution in [3.05, 3.63) is 224 Å². The topological polar surface area (TPSA) is 38.7 Å². The molecule has 0 aliphatic heterocycles. The number of benzene rings is 9. The maximum absolute atomic E-state index is 5.23. The van der Waals surface area contributed by atoms with Crippen molar-refractivity contribution >= 4 is 32.4 Å². The fourth-order valence-corrected chi connectivity index (χ4v) is 8.40. The van der Waals surface area contributed by atoms with Crippen molar-refractivity contribution in [2.45, 2.75) is 0 Å².